The van der Waals surface area contributed by atoms with Crippen LogP contribution in [0.15, 0.2) is 30.3 Å². The van der Waals surface area contributed by atoms with Gasteiger partial charge in [0, 0.05) is 0 Å². The monoisotopic (exact) mass is 198 g/mol. The van der Waals surface area contributed by atoms with Gasteiger partial charge in [-0.2, -0.15) is 10.5 Å². The van der Waals surface area contributed by atoms with Crippen molar-refractivity contribution in [1.29, 1.82) is 10.5 Å². The van der Waals surface area contributed by atoms with Crippen LogP contribution >= 0.6 is 0 Å². The fraction of sp³-hybridized carbons (Fsp3) is 0.385. The summed E-state index contributed by atoms with van der Waals surface area (Å²) in [6, 6.07) is 14.0. The van der Waals surface area contributed by atoms with E-state index in [1.54, 1.807) is 0 Å². The molecule has 0 aliphatic heterocycles. The molecule has 0 radical (unpaired) electrons. The maximum atomic E-state index is 8.87. The Balaban J connectivity index is 2.83. The molecule has 0 saturated heterocycles. The molecule has 2 heteroatoms. The highest BCUT2D eigenvalue weighted by atomic mass is 14.4. The van der Waals surface area contributed by atoms with E-state index < -0.39 is 5.92 Å². The number of hydrogen-bond acceptors (Lipinski definition) is 2. The summed E-state index contributed by atoms with van der Waals surface area (Å²) in [5.74, 6) is -0.558. The van der Waals surface area contributed by atoms with Gasteiger partial charge in [0.25, 0.3) is 0 Å². The smallest absolute Gasteiger partial charge is 0.138 e. The molecule has 1 aromatic carbocycles. The van der Waals surface area contributed by atoms with Gasteiger partial charge in [-0.1, -0.05) is 44.2 Å². The Morgan fingerprint density at radius 2 is 1.67 bits per heavy atom. The maximum Gasteiger partial charge on any atom is 0.138 e. The Morgan fingerprint density at radius 1 is 1.13 bits per heavy atom. The van der Waals surface area contributed by atoms with E-state index in [9.17, 15) is 0 Å². The Hall–Kier alpha value is -1.80. The molecule has 0 aromatic heterocycles. The van der Waals surface area contributed by atoms with E-state index in [-0.39, 0.29) is 5.41 Å². The molecule has 76 valence electrons. The van der Waals surface area contributed by atoms with E-state index in [4.69, 9.17) is 10.5 Å². The fourth-order valence-electron chi connectivity index (χ4n) is 1.60. The summed E-state index contributed by atoms with van der Waals surface area (Å²) in [6.45, 7) is 3.91. The molecule has 15 heavy (non-hydrogen) atoms. The highest BCUT2D eigenvalue weighted by molar-refractivity contribution is 5.19. The minimum absolute atomic E-state index is 0.301. The minimum Gasteiger partial charge on any atom is -0.197 e. The zero-order valence-corrected chi connectivity index (χ0v) is 9.07. The quantitative estimate of drug-likeness (QED) is 0.749. The Labute approximate surface area is 90.8 Å². The van der Waals surface area contributed by atoms with Crippen LogP contribution in [0.3, 0.4) is 0 Å². The summed E-state index contributed by atoms with van der Waals surface area (Å²) in [7, 11) is 0. The molecule has 0 aliphatic carbocycles. The molecule has 0 saturated carbocycles. The average Bonchev–Trinajstić information content (AvgIpc) is 2.19. The van der Waals surface area contributed by atoms with Gasteiger partial charge >= 0.3 is 0 Å². The molecule has 0 aliphatic rings. The van der Waals surface area contributed by atoms with Crippen molar-refractivity contribution in [3.63, 3.8) is 0 Å². The largest absolute Gasteiger partial charge is 0.197 e. The number of nitriles is 2. The molecule has 0 bridgehead atoms. The predicted octanol–water partition coefficient (Wildman–Crippen LogP) is 2.92. The zero-order valence-electron chi connectivity index (χ0n) is 9.07. The Morgan fingerprint density at radius 3 is 2.13 bits per heavy atom. The molecule has 0 atom stereocenters. The first-order valence-electron chi connectivity index (χ1n) is 4.93. The zero-order chi connectivity index (χ0) is 11.3. The van der Waals surface area contributed by atoms with Crippen LogP contribution in [0.2, 0.25) is 0 Å². The lowest BCUT2D eigenvalue weighted by Gasteiger charge is -2.25. The first kappa shape index (κ1) is 11.3. The summed E-state index contributed by atoms with van der Waals surface area (Å²) in [5, 5.41) is 17.7. The van der Waals surface area contributed by atoms with Crippen LogP contribution in [-0.4, -0.2) is 0 Å². The normalized spacial score (nSPS) is 10.7. The summed E-state index contributed by atoms with van der Waals surface area (Å²) in [6.07, 6.45) is 0.750. The Kier molecular flexibility index (Phi) is 3.47. The predicted molar refractivity (Wildman–Crippen MR) is 58.6 cm³/mol. The van der Waals surface area contributed by atoms with Gasteiger partial charge in [0.1, 0.15) is 5.92 Å². The maximum absolute atomic E-state index is 8.87. The second kappa shape index (κ2) is 4.62. The van der Waals surface area contributed by atoms with Crippen molar-refractivity contribution in [3.05, 3.63) is 35.9 Å². The molecule has 0 spiro atoms. The Bertz CT molecular complexity index is 379. The SMILES string of the molecule is CC(C)(Cc1ccccc1)C(C#N)C#N. The van der Waals surface area contributed by atoms with E-state index in [2.05, 4.69) is 12.1 Å². The van der Waals surface area contributed by atoms with Crippen molar-refractivity contribution in [1.82, 2.24) is 0 Å². The van der Waals surface area contributed by atoms with Crippen LogP contribution in [0.5, 0.6) is 0 Å². The molecule has 2 nitrogen and oxygen atoms in total. The number of rotatable bonds is 3. The van der Waals surface area contributed by atoms with Gasteiger partial charge in [0.05, 0.1) is 12.1 Å². The summed E-state index contributed by atoms with van der Waals surface area (Å²) in [5.41, 5.74) is 0.864. The topological polar surface area (TPSA) is 47.6 Å². The van der Waals surface area contributed by atoms with Gasteiger partial charge in [-0.15, -0.1) is 0 Å². The van der Waals surface area contributed by atoms with E-state index in [1.807, 2.05) is 44.2 Å². The molecule has 0 heterocycles. The molecular weight excluding hydrogens is 184 g/mol. The van der Waals surface area contributed by atoms with Crippen molar-refractivity contribution >= 4 is 0 Å². The molecule has 0 N–H and O–H groups in total. The average molecular weight is 198 g/mol. The van der Waals surface area contributed by atoms with Crippen molar-refractivity contribution < 1.29 is 0 Å². The highest BCUT2D eigenvalue weighted by Gasteiger charge is 2.29. The lowest BCUT2D eigenvalue weighted by atomic mass is 9.76. The van der Waals surface area contributed by atoms with E-state index in [0.29, 0.717) is 0 Å². The third-order valence-electron chi connectivity index (χ3n) is 2.54. The fourth-order valence-corrected chi connectivity index (χ4v) is 1.60. The number of benzene rings is 1. The van der Waals surface area contributed by atoms with Crippen LogP contribution in [0, 0.1) is 34.0 Å². The van der Waals surface area contributed by atoms with Gasteiger partial charge < -0.3 is 0 Å². The van der Waals surface area contributed by atoms with Gasteiger partial charge in [-0.25, -0.2) is 0 Å². The van der Waals surface area contributed by atoms with E-state index in [0.717, 1.165) is 12.0 Å². The van der Waals surface area contributed by atoms with Crippen molar-refractivity contribution in [2.75, 3.05) is 0 Å². The number of hydrogen-bond donors (Lipinski definition) is 0. The lowest BCUT2D eigenvalue weighted by Crippen LogP contribution is -2.24. The molecule has 1 rings (SSSR count). The van der Waals surface area contributed by atoms with Crippen molar-refractivity contribution in [2.24, 2.45) is 11.3 Å². The third-order valence-corrected chi connectivity index (χ3v) is 2.54. The molecule has 0 unspecified atom stereocenters. The van der Waals surface area contributed by atoms with Gasteiger partial charge in [-0.05, 0) is 17.4 Å². The highest BCUT2D eigenvalue weighted by Crippen LogP contribution is 2.30. The van der Waals surface area contributed by atoms with Crippen LogP contribution in [-0.2, 0) is 6.42 Å². The summed E-state index contributed by atoms with van der Waals surface area (Å²) < 4.78 is 0. The van der Waals surface area contributed by atoms with Gasteiger partial charge in [-0.3, -0.25) is 0 Å². The molecular formula is C13H14N2. The third kappa shape index (κ3) is 2.82. The van der Waals surface area contributed by atoms with E-state index >= 15 is 0 Å². The molecule has 0 fully saturated rings. The molecule has 0 amide bonds. The first-order chi connectivity index (χ1) is 7.10. The molecule has 1 aromatic rings. The summed E-state index contributed by atoms with van der Waals surface area (Å²) in [4.78, 5) is 0. The van der Waals surface area contributed by atoms with Crippen LogP contribution in [0.4, 0.5) is 0 Å². The van der Waals surface area contributed by atoms with Crippen molar-refractivity contribution in [2.45, 2.75) is 20.3 Å². The van der Waals surface area contributed by atoms with Gasteiger partial charge in [0.15, 0.2) is 0 Å². The van der Waals surface area contributed by atoms with E-state index in [1.165, 1.54) is 0 Å². The lowest BCUT2D eigenvalue weighted by molar-refractivity contribution is 0.313. The van der Waals surface area contributed by atoms with Crippen molar-refractivity contribution in [3.8, 4) is 12.1 Å². The summed E-state index contributed by atoms with van der Waals surface area (Å²) >= 11 is 0. The standard InChI is InChI=1S/C13H14N2/c1-13(2,12(9-14)10-15)8-11-6-4-3-5-7-11/h3-7,12H,8H2,1-2H3. The van der Waals surface area contributed by atoms with Gasteiger partial charge in [0.2, 0.25) is 0 Å². The van der Waals surface area contributed by atoms with Crippen LogP contribution < -0.4 is 0 Å². The first-order valence-corrected chi connectivity index (χ1v) is 4.93. The minimum atomic E-state index is -0.558. The second-order valence-corrected chi connectivity index (χ2v) is 4.34. The van der Waals surface area contributed by atoms with Crippen LogP contribution in [0.1, 0.15) is 19.4 Å². The second-order valence-electron chi connectivity index (χ2n) is 4.34. The number of nitrogens with zero attached hydrogens (tertiary/aromatic N) is 2. The van der Waals surface area contributed by atoms with Crippen LogP contribution in [0.25, 0.3) is 0 Å².